The minimum Gasteiger partial charge on any atom is -0.488 e. The Hall–Kier alpha value is -1.83. The van der Waals surface area contributed by atoms with Crippen molar-refractivity contribution >= 4 is 11.6 Å². The first-order valence-corrected chi connectivity index (χ1v) is 13.1. The predicted octanol–water partition coefficient (Wildman–Crippen LogP) is 3.90. The van der Waals surface area contributed by atoms with Crippen LogP contribution in [0.1, 0.15) is 76.2 Å². The van der Waals surface area contributed by atoms with Crippen LogP contribution >= 0.6 is 0 Å². The lowest BCUT2D eigenvalue weighted by molar-refractivity contribution is -0.103. The molecule has 4 rings (SSSR count). The summed E-state index contributed by atoms with van der Waals surface area (Å²) in [6.07, 6.45) is 5.11. The van der Waals surface area contributed by atoms with Crippen molar-refractivity contribution in [2.45, 2.75) is 110 Å². The van der Waals surface area contributed by atoms with E-state index in [0.717, 1.165) is 62.3 Å². The highest BCUT2D eigenvalue weighted by Crippen LogP contribution is 2.41. The van der Waals surface area contributed by atoms with E-state index in [1.54, 1.807) is 0 Å². The lowest BCUT2D eigenvalue weighted by atomic mass is 9.87. The Labute approximate surface area is 204 Å². The van der Waals surface area contributed by atoms with Gasteiger partial charge in [-0.25, -0.2) is 0 Å². The van der Waals surface area contributed by atoms with Crippen molar-refractivity contribution in [2.75, 3.05) is 24.5 Å². The molecule has 0 aromatic heterocycles. The number of carbonyl (C=O) groups is 1. The van der Waals surface area contributed by atoms with Gasteiger partial charge in [0.1, 0.15) is 11.9 Å². The van der Waals surface area contributed by atoms with Crippen LogP contribution in [0.15, 0.2) is 12.1 Å². The number of benzene rings is 1. The third-order valence-corrected chi connectivity index (χ3v) is 7.73. The first-order valence-electron chi connectivity index (χ1n) is 13.1. The lowest BCUT2D eigenvalue weighted by Crippen LogP contribution is -2.56. The van der Waals surface area contributed by atoms with Gasteiger partial charge in [-0.05, 0) is 72.1 Å². The summed E-state index contributed by atoms with van der Waals surface area (Å²) in [5, 5.41) is 0. The Morgan fingerprint density at radius 1 is 1.03 bits per heavy atom. The van der Waals surface area contributed by atoms with Crippen molar-refractivity contribution in [3.05, 3.63) is 23.3 Å². The molecule has 2 aliphatic heterocycles. The SMILES string of the molecule is CCN(c1c(OC2CC(N3C[C@@H](C)O[C@@H](C)C3)C2)ccc(C(N)=O)c1C)C1CC(C)OC(C)C1. The van der Waals surface area contributed by atoms with Gasteiger partial charge in [-0.15, -0.1) is 0 Å². The molecule has 1 aromatic rings. The number of morpholine rings is 1. The van der Waals surface area contributed by atoms with Crippen molar-refractivity contribution in [1.82, 2.24) is 4.90 Å². The summed E-state index contributed by atoms with van der Waals surface area (Å²) in [5.41, 5.74) is 8.22. The maximum atomic E-state index is 12.2. The van der Waals surface area contributed by atoms with Crippen LogP contribution in [0.5, 0.6) is 5.75 Å². The second-order valence-corrected chi connectivity index (χ2v) is 10.7. The number of anilines is 1. The lowest BCUT2D eigenvalue weighted by Gasteiger charge is -2.47. The number of nitrogens with two attached hydrogens (primary N) is 1. The maximum absolute atomic E-state index is 12.2. The van der Waals surface area contributed by atoms with E-state index < -0.39 is 5.91 Å². The number of nitrogens with zero attached hydrogens (tertiary/aromatic N) is 2. The van der Waals surface area contributed by atoms with Gasteiger partial charge in [-0.1, -0.05) is 0 Å². The van der Waals surface area contributed by atoms with Crippen molar-refractivity contribution < 1.29 is 19.0 Å². The van der Waals surface area contributed by atoms with E-state index in [9.17, 15) is 4.79 Å². The normalized spacial score (nSPS) is 34.4. The summed E-state index contributed by atoms with van der Waals surface area (Å²) in [6, 6.07) is 4.65. The van der Waals surface area contributed by atoms with Gasteiger partial charge in [-0.2, -0.15) is 0 Å². The molecule has 2 heterocycles. The number of amides is 1. The molecule has 1 aromatic carbocycles. The highest BCUT2D eigenvalue weighted by molar-refractivity contribution is 5.96. The van der Waals surface area contributed by atoms with Crippen molar-refractivity contribution in [1.29, 1.82) is 0 Å². The zero-order chi connectivity index (χ0) is 24.6. The Bertz CT molecular complexity index is 852. The number of hydrogen-bond donors (Lipinski definition) is 1. The monoisotopic (exact) mass is 473 g/mol. The summed E-state index contributed by atoms with van der Waals surface area (Å²) in [7, 11) is 0. The van der Waals surface area contributed by atoms with E-state index in [0.29, 0.717) is 17.6 Å². The van der Waals surface area contributed by atoms with Crippen molar-refractivity contribution in [3.8, 4) is 5.75 Å². The summed E-state index contributed by atoms with van der Waals surface area (Å²) in [6.45, 7) is 15.6. The molecule has 2 unspecified atom stereocenters. The minimum atomic E-state index is -0.394. The Morgan fingerprint density at radius 2 is 1.62 bits per heavy atom. The molecule has 34 heavy (non-hydrogen) atoms. The Morgan fingerprint density at radius 3 is 2.18 bits per heavy atom. The number of hydrogen-bond acceptors (Lipinski definition) is 6. The summed E-state index contributed by atoms with van der Waals surface area (Å²) >= 11 is 0. The van der Waals surface area contributed by atoms with Gasteiger partial charge in [0.2, 0.25) is 5.91 Å². The van der Waals surface area contributed by atoms with E-state index in [4.69, 9.17) is 19.9 Å². The van der Waals surface area contributed by atoms with Crippen LogP contribution in [-0.4, -0.2) is 73.0 Å². The number of rotatable bonds is 7. The van der Waals surface area contributed by atoms with Gasteiger partial charge in [0.05, 0.1) is 30.1 Å². The van der Waals surface area contributed by atoms with E-state index in [1.807, 2.05) is 19.1 Å². The second-order valence-electron chi connectivity index (χ2n) is 10.7. The third-order valence-electron chi connectivity index (χ3n) is 7.73. The molecule has 190 valence electrons. The van der Waals surface area contributed by atoms with Crippen LogP contribution in [0.4, 0.5) is 5.69 Å². The summed E-state index contributed by atoms with van der Waals surface area (Å²) < 4.78 is 18.5. The smallest absolute Gasteiger partial charge is 0.249 e. The quantitative estimate of drug-likeness (QED) is 0.647. The molecule has 2 N–H and O–H groups in total. The maximum Gasteiger partial charge on any atom is 0.249 e. The average Bonchev–Trinajstić information content (AvgIpc) is 2.70. The fourth-order valence-corrected chi connectivity index (χ4v) is 6.25. The molecule has 0 bridgehead atoms. The van der Waals surface area contributed by atoms with Gasteiger partial charge in [0.25, 0.3) is 0 Å². The zero-order valence-electron chi connectivity index (χ0n) is 21.8. The highest BCUT2D eigenvalue weighted by atomic mass is 16.5. The average molecular weight is 474 g/mol. The van der Waals surface area contributed by atoms with E-state index in [1.165, 1.54) is 0 Å². The van der Waals surface area contributed by atoms with E-state index in [-0.39, 0.29) is 30.5 Å². The van der Waals surface area contributed by atoms with Gasteiger partial charge in [-0.3, -0.25) is 9.69 Å². The van der Waals surface area contributed by atoms with Gasteiger partial charge in [0, 0.05) is 50.1 Å². The van der Waals surface area contributed by atoms with Crippen LogP contribution < -0.4 is 15.4 Å². The standard InChI is InChI=1S/C27H43N3O4/c1-7-30(22-10-16(2)32-17(3)11-22)26-20(6)24(27(28)31)8-9-25(26)34-23-12-21(13-23)29-14-18(4)33-19(5)15-29/h8-9,16-19,21-23H,7,10-15H2,1-6H3,(H2,28,31)/t16?,17?,18-,19+,21?,22?,23?. The van der Waals surface area contributed by atoms with E-state index in [2.05, 4.69) is 44.4 Å². The van der Waals surface area contributed by atoms with Crippen LogP contribution in [0.3, 0.4) is 0 Å². The fraction of sp³-hybridized carbons (Fsp3) is 0.741. The first-order chi connectivity index (χ1) is 16.2. The largest absolute Gasteiger partial charge is 0.488 e. The van der Waals surface area contributed by atoms with Crippen LogP contribution in [0.25, 0.3) is 0 Å². The van der Waals surface area contributed by atoms with E-state index >= 15 is 0 Å². The number of primary amides is 1. The molecule has 4 atom stereocenters. The molecule has 3 aliphatic rings. The molecule has 3 fully saturated rings. The molecular formula is C27H43N3O4. The van der Waals surface area contributed by atoms with Gasteiger partial charge >= 0.3 is 0 Å². The van der Waals surface area contributed by atoms with Crippen LogP contribution in [0.2, 0.25) is 0 Å². The Balaban J connectivity index is 1.53. The summed E-state index contributed by atoms with van der Waals surface area (Å²) in [4.78, 5) is 17.1. The van der Waals surface area contributed by atoms with Crippen molar-refractivity contribution in [2.24, 2.45) is 5.73 Å². The minimum absolute atomic E-state index is 0.183. The topological polar surface area (TPSA) is 77.3 Å². The summed E-state index contributed by atoms with van der Waals surface area (Å²) in [5.74, 6) is 0.470. The molecule has 7 nitrogen and oxygen atoms in total. The van der Waals surface area contributed by atoms with Crippen LogP contribution in [0, 0.1) is 6.92 Å². The fourth-order valence-electron chi connectivity index (χ4n) is 6.25. The van der Waals surface area contributed by atoms with Gasteiger partial charge < -0.3 is 24.8 Å². The predicted molar refractivity (Wildman–Crippen MR) is 135 cm³/mol. The molecular weight excluding hydrogens is 430 g/mol. The first kappa shape index (κ1) is 25.3. The molecule has 1 saturated carbocycles. The van der Waals surface area contributed by atoms with Crippen LogP contribution in [-0.2, 0) is 9.47 Å². The second kappa shape index (κ2) is 10.4. The number of ether oxygens (including phenoxy) is 3. The van der Waals surface area contributed by atoms with Gasteiger partial charge in [0.15, 0.2) is 0 Å². The molecule has 7 heteroatoms. The molecule has 2 saturated heterocycles. The van der Waals surface area contributed by atoms with Crippen molar-refractivity contribution in [3.63, 3.8) is 0 Å². The molecule has 1 amide bonds. The molecule has 0 radical (unpaired) electrons. The molecule has 1 aliphatic carbocycles. The highest BCUT2D eigenvalue weighted by Gasteiger charge is 2.39. The Kier molecular flexibility index (Phi) is 7.75. The molecule has 0 spiro atoms. The number of carbonyl (C=O) groups excluding carboxylic acids is 1. The third kappa shape index (κ3) is 5.37. The zero-order valence-corrected chi connectivity index (χ0v) is 21.8.